The molecule has 1 saturated heterocycles. The molecule has 0 aromatic heterocycles. The number of carbonyl (C=O) groups is 2. The normalized spacial score (nSPS) is 18.1. The van der Waals surface area contributed by atoms with Crippen molar-refractivity contribution in [3.8, 4) is 5.75 Å². The van der Waals surface area contributed by atoms with Crippen molar-refractivity contribution in [1.29, 1.82) is 0 Å². The third kappa shape index (κ3) is 4.06. The van der Waals surface area contributed by atoms with E-state index < -0.39 is 35.7 Å². The molecule has 3 rings (SSSR count). The summed E-state index contributed by atoms with van der Waals surface area (Å²) in [6.07, 6.45) is -1.12. The number of halogens is 2. The minimum Gasteiger partial charge on any atom is -0.491 e. The highest BCUT2D eigenvalue weighted by Crippen LogP contribution is 2.26. The number of rotatable bonds is 6. The standard InChI is InChI=1S/C19H18F2N2O4/c1-12-18(25)22(19(26)23(12)15-6-2-13(20)3-7-15)10-16(24)11-27-17-8-4-14(21)5-9-17/h2-9,12,16,24H,10-11H2,1H3. The summed E-state index contributed by atoms with van der Waals surface area (Å²) in [5.74, 6) is -0.971. The second kappa shape index (κ2) is 7.71. The van der Waals surface area contributed by atoms with Crippen molar-refractivity contribution >= 4 is 17.6 Å². The molecule has 0 aliphatic carbocycles. The monoisotopic (exact) mass is 376 g/mol. The summed E-state index contributed by atoms with van der Waals surface area (Å²) in [4.78, 5) is 27.2. The van der Waals surface area contributed by atoms with Crippen LogP contribution in [0.2, 0.25) is 0 Å². The van der Waals surface area contributed by atoms with Crippen LogP contribution >= 0.6 is 0 Å². The molecule has 1 heterocycles. The first-order chi connectivity index (χ1) is 12.9. The molecule has 6 nitrogen and oxygen atoms in total. The van der Waals surface area contributed by atoms with Gasteiger partial charge in [-0.15, -0.1) is 0 Å². The fourth-order valence-electron chi connectivity index (χ4n) is 2.82. The van der Waals surface area contributed by atoms with Gasteiger partial charge in [0.15, 0.2) is 0 Å². The lowest BCUT2D eigenvalue weighted by Gasteiger charge is -2.20. The molecule has 0 saturated carbocycles. The maximum Gasteiger partial charge on any atom is 0.332 e. The van der Waals surface area contributed by atoms with Gasteiger partial charge in [-0.05, 0) is 55.5 Å². The van der Waals surface area contributed by atoms with Crippen LogP contribution in [0.4, 0.5) is 19.3 Å². The molecule has 0 radical (unpaired) electrons. The second-order valence-corrected chi connectivity index (χ2v) is 6.17. The van der Waals surface area contributed by atoms with Crippen molar-refractivity contribution in [1.82, 2.24) is 4.90 Å². The first-order valence-corrected chi connectivity index (χ1v) is 8.33. The molecule has 1 aliphatic rings. The van der Waals surface area contributed by atoms with Gasteiger partial charge in [0.1, 0.15) is 36.1 Å². The molecule has 3 amide bonds. The van der Waals surface area contributed by atoms with Crippen molar-refractivity contribution < 1.29 is 28.2 Å². The largest absolute Gasteiger partial charge is 0.491 e. The summed E-state index contributed by atoms with van der Waals surface area (Å²) in [5.41, 5.74) is 0.391. The van der Waals surface area contributed by atoms with Crippen molar-refractivity contribution in [2.75, 3.05) is 18.1 Å². The highest BCUT2D eigenvalue weighted by molar-refractivity contribution is 6.14. The summed E-state index contributed by atoms with van der Waals surface area (Å²) >= 11 is 0. The molecule has 27 heavy (non-hydrogen) atoms. The highest BCUT2D eigenvalue weighted by atomic mass is 19.1. The van der Waals surface area contributed by atoms with Gasteiger partial charge >= 0.3 is 6.03 Å². The summed E-state index contributed by atoms with van der Waals surface area (Å²) in [6.45, 7) is 1.14. The predicted molar refractivity (Wildman–Crippen MR) is 93.4 cm³/mol. The minimum absolute atomic E-state index is 0.173. The molecule has 0 spiro atoms. The lowest BCUT2D eigenvalue weighted by molar-refractivity contribution is -0.128. The summed E-state index contributed by atoms with van der Waals surface area (Å²) < 4.78 is 31.3. The lowest BCUT2D eigenvalue weighted by Crippen LogP contribution is -2.40. The number of imide groups is 1. The number of hydrogen-bond acceptors (Lipinski definition) is 4. The van der Waals surface area contributed by atoms with E-state index in [0.29, 0.717) is 11.4 Å². The van der Waals surface area contributed by atoms with Gasteiger partial charge < -0.3 is 9.84 Å². The van der Waals surface area contributed by atoms with E-state index in [-0.39, 0.29) is 13.2 Å². The highest BCUT2D eigenvalue weighted by Gasteiger charge is 2.43. The van der Waals surface area contributed by atoms with Gasteiger partial charge in [0.25, 0.3) is 5.91 Å². The number of anilines is 1. The Kier molecular flexibility index (Phi) is 5.36. The molecule has 1 N–H and O–H groups in total. The van der Waals surface area contributed by atoms with E-state index in [9.17, 15) is 23.5 Å². The van der Waals surface area contributed by atoms with E-state index in [1.165, 1.54) is 53.4 Å². The Morgan fingerprint density at radius 2 is 1.59 bits per heavy atom. The Hall–Kier alpha value is -3.00. The van der Waals surface area contributed by atoms with Crippen LogP contribution in [0.15, 0.2) is 48.5 Å². The third-order valence-electron chi connectivity index (χ3n) is 4.20. The average Bonchev–Trinajstić information content (AvgIpc) is 2.86. The third-order valence-corrected chi connectivity index (χ3v) is 4.20. The van der Waals surface area contributed by atoms with E-state index in [0.717, 1.165) is 4.90 Å². The van der Waals surface area contributed by atoms with Gasteiger partial charge in [0, 0.05) is 5.69 Å². The van der Waals surface area contributed by atoms with E-state index in [2.05, 4.69) is 0 Å². The summed E-state index contributed by atoms with van der Waals surface area (Å²) in [7, 11) is 0. The average molecular weight is 376 g/mol. The number of amides is 3. The van der Waals surface area contributed by atoms with Crippen LogP contribution in [0.3, 0.4) is 0 Å². The molecule has 1 fully saturated rings. The number of benzene rings is 2. The summed E-state index contributed by atoms with van der Waals surface area (Å²) in [5, 5.41) is 10.1. The Bertz CT molecular complexity index is 827. The maximum atomic E-state index is 13.1. The van der Waals surface area contributed by atoms with Crippen LogP contribution in [0.25, 0.3) is 0 Å². The predicted octanol–water partition coefficient (Wildman–Crippen LogP) is 2.56. The number of nitrogens with zero attached hydrogens (tertiary/aromatic N) is 2. The lowest BCUT2D eigenvalue weighted by atomic mass is 10.2. The molecule has 2 aromatic carbocycles. The first kappa shape index (κ1) is 18.8. The van der Waals surface area contributed by atoms with Gasteiger partial charge in [-0.3, -0.25) is 14.6 Å². The van der Waals surface area contributed by atoms with Gasteiger partial charge in [-0.2, -0.15) is 0 Å². The molecule has 2 unspecified atom stereocenters. The minimum atomic E-state index is -1.12. The number of carbonyl (C=O) groups excluding carboxylic acids is 2. The molecule has 2 atom stereocenters. The van der Waals surface area contributed by atoms with Crippen LogP contribution in [0.5, 0.6) is 5.75 Å². The van der Waals surface area contributed by atoms with Crippen molar-refractivity contribution in [2.24, 2.45) is 0 Å². The number of hydrogen-bond donors (Lipinski definition) is 1. The van der Waals surface area contributed by atoms with E-state index >= 15 is 0 Å². The zero-order chi connectivity index (χ0) is 19.6. The Labute approximate surface area is 154 Å². The van der Waals surface area contributed by atoms with Gasteiger partial charge in [-0.1, -0.05) is 0 Å². The van der Waals surface area contributed by atoms with Crippen LogP contribution < -0.4 is 9.64 Å². The van der Waals surface area contributed by atoms with Crippen molar-refractivity contribution in [3.63, 3.8) is 0 Å². The molecule has 0 bridgehead atoms. The number of β-amino-alcohol motifs (C(OH)–C–C–N with tert-alkyl or cyclic N) is 1. The zero-order valence-corrected chi connectivity index (χ0v) is 14.5. The molecule has 1 aliphatic heterocycles. The number of ether oxygens (including phenoxy) is 1. The molecule has 2 aromatic rings. The smallest absolute Gasteiger partial charge is 0.332 e. The van der Waals surface area contributed by atoms with E-state index in [1.807, 2.05) is 0 Å². The Balaban J connectivity index is 1.63. The van der Waals surface area contributed by atoms with Gasteiger partial charge in [0.05, 0.1) is 6.54 Å². The van der Waals surface area contributed by atoms with Crippen LogP contribution in [0.1, 0.15) is 6.92 Å². The van der Waals surface area contributed by atoms with Crippen LogP contribution in [-0.2, 0) is 4.79 Å². The van der Waals surface area contributed by atoms with Gasteiger partial charge in [-0.25, -0.2) is 13.6 Å². The SMILES string of the molecule is CC1C(=O)N(CC(O)COc2ccc(F)cc2)C(=O)N1c1ccc(F)cc1. The van der Waals surface area contributed by atoms with Gasteiger partial charge in [0.2, 0.25) is 0 Å². The maximum absolute atomic E-state index is 13.1. The van der Waals surface area contributed by atoms with E-state index in [4.69, 9.17) is 4.74 Å². The van der Waals surface area contributed by atoms with Crippen molar-refractivity contribution in [3.05, 3.63) is 60.2 Å². The fraction of sp³-hybridized carbons (Fsp3) is 0.263. The molecular formula is C19H18F2N2O4. The summed E-state index contributed by atoms with van der Waals surface area (Å²) in [6, 6.07) is 9.12. The zero-order valence-electron chi connectivity index (χ0n) is 14.5. The topological polar surface area (TPSA) is 70.1 Å². The molecular weight excluding hydrogens is 358 g/mol. The first-order valence-electron chi connectivity index (χ1n) is 8.33. The Morgan fingerprint density at radius 1 is 1.04 bits per heavy atom. The quantitative estimate of drug-likeness (QED) is 0.787. The molecule has 8 heteroatoms. The second-order valence-electron chi connectivity index (χ2n) is 6.17. The van der Waals surface area contributed by atoms with Crippen LogP contribution in [-0.4, -0.2) is 47.2 Å². The Morgan fingerprint density at radius 3 is 2.19 bits per heavy atom. The van der Waals surface area contributed by atoms with E-state index in [1.54, 1.807) is 6.92 Å². The number of aliphatic hydroxyl groups is 1. The number of urea groups is 1. The molecule has 142 valence electrons. The van der Waals surface area contributed by atoms with Crippen LogP contribution in [0, 0.1) is 11.6 Å². The number of aliphatic hydroxyl groups excluding tert-OH is 1. The fourth-order valence-corrected chi connectivity index (χ4v) is 2.82. The van der Waals surface area contributed by atoms with Crippen molar-refractivity contribution in [2.45, 2.75) is 19.1 Å².